The van der Waals surface area contributed by atoms with Gasteiger partial charge >= 0.3 is 54.1 Å². The van der Waals surface area contributed by atoms with E-state index < -0.39 is 65.9 Å². The first-order chi connectivity index (χ1) is 23.4. The van der Waals surface area contributed by atoms with Crippen LogP contribution in [0.1, 0.15) is 34.7 Å². The first-order valence-electron chi connectivity index (χ1n) is 15.0. The SMILES string of the molecule is CCN(C1=N[C@H](C(=O)O)CO1)c1ccc(C(F)(F)F)cc1CN(Cc1cc(C(F)(F)F)cc(C(F)(F)F)c1)c1ncc(N2CCOCC2)cn1.[NaH]. The molecule has 0 bridgehead atoms. The van der Waals surface area contributed by atoms with E-state index in [0.29, 0.717) is 44.1 Å². The first-order valence-corrected chi connectivity index (χ1v) is 15.0. The van der Waals surface area contributed by atoms with E-state index >= 15 is 0 Å². The molecule has 3 heterocycles. The van der Waals surface area contributed by atoms with Crippen LogP contribution in [0.3, 0.4) is 0 Å². The maximum absolute atomic E-state index is 14.0. The number of carbonyl (C=O) groups is 1. The van der Waals surface area contributed by atoms with Gasteiger partial charge in [-0.05, 0) is 54.4 Å². The predicted octanol–water partition coefficient (Wildman–Crippen LogP) is 5.59. The fraction of sp³-hybridized carbons (Fsp3) is 0.419. The standard InChI is InChI=1S/C31H29F9N6O4.Na.H/c1-2-46(28-43-24(17-50-28)26(47)48)25-4-3-20(29(32,33)34)11-19(25)16-45(27-41-13-23(14-42-27)44-5-7-49-8-6-44)15-18-9-21(30(35,36)37)12-22(10-18)31(38,39)40;;/h3-4,9-14,24H,2,5-8,15-17H2,1H3,(H,47,48);;/t24-;;/m0../s1. The minimum atomic E-state index is -5.15. The van der Waals surface area contributed by atoms with Gasteiger partial charge in [0.2, 0.25) is 5.95 Å². The number of alkyl halides is 9. The molecule has 1 aromatic heterocycles. The third-order valence-corrected chi connectivity index (χ3v) is 7.83. The van der Waals surface area contributed by atoms with E-state index in [-0.39, 0.29) is 72.0 Å². The molecule has 10 nitrogen and oxygen atoms in total. The number of nitrogens with zero attached hydrogens (tertiary/aromatic N) is 6. The van der Waals surface area contributed by atoms with Crippen LogP contribution in [0.2, 0.25) is 0 Å². The Labute approximate surface area is 307 Å². The Balaban J connectivity index is 0.00000583. The number of rotatable bonds is 9. The normalized spacial score (nSPS) is 16.6. The summed E-state index contributed by atoms with van der Waals surface area (Å²) in [5.74, 6) is -1.51. The summed E-state index contributed by atoms with van der Waals surface area (Å²) in [6.45, 7) is 1.84. The van der Waals surface area contributed by atoms with Crippen molar-refractivity contribution in [1.29, 1.82) is 0 Å². The van der Waals surface area contributed by atoms with E-state index in [4.69, 9.17) is 9.47 Å². The molecule has 2 aliphatic heterocycles. The number of halogens is 9. The zero-order chi connectivity index (χ0) is 36.4. The number of aliphatic carboxylic acids is 1. The van der Waals surface area contributed by atoms with Crippen molar-refractivity contribution in [2.75, 3.05) is 54.2 Å². The van der Waals surface area contributed by atoms with Gasteiger partial charge in [-0.15, -0.1) is 0 Å². The number of hydrogen-bond acceptors (Lipinski definition) is 9. The molecule has 1 fully saturated rings. The molecular formula is C31H30F9N6NaO4. The van der Waals surface area contributed by atoms with Gasteiger partial charge in [-0.2, -0.15) is 39.5 Å². The Bertz CT molecular complexity index is 1680. The Kier molecular flexibility index (Phi) is 12.4. The summed E-state index contributed by atoms with van der Waals surface area (Å²) < 4.78 is 135. The van der Waals surface area contributed by atoms with E-state index in [1.807, 2.05) is 4.90 Å². The van der Waals surface area contributed by atoms with Crippen LogP contribution in [0.4, 0.5) is 56.8 Å². The van der Waals surface area contributed by atoms with Crippen LogP contribution in [0.5, 0.6) is 0 Å². The summed E-state index contributed by atoms with van der Waals surface area (Å²) in [5.41, 5.74) is -4.25. The monoisotopic (exact) mass is 744 g/mol. The third-order valence-electron chi connectivity index (χ3n) is 7.83. The topological polar surface area (TPSA) is 104 Å². The van der Waals surface area contributed by atoms with Gasteiger partial charge in [0.05, 0.1) is 53.7 Å². The number of aromatic nitrogens is 2. The minimum absolute atomic E-state index is 0. The van der Waals surface area contributed by atoms with Crippen LogP contribution < -0.4 is 14.7 Å². The van der Waals surface area contributed by atoms with Crippen molar-refractivity contribution < 1.29 is 58.9 Å². The summed E-state index contributed by atoms with van der Waals surface area (Å²) in [4.78, 5) is 28.4. The average Bonchev–Trinajstić information content (AvgIpc) is 3.55. The van der Waals surface area contributed by atoms with Gasteiger partial charge in [-0.3, -0.25) is 4.90 Å². The van der Waals surface area contributed by atoms with Gasteiger partial charge in [0.1, 0.15) is 6.61 Å². The number of ether oxygens (including phenoxy) is 2. The number of benzene rings is 2. The second-order valence-electron chi connectivity index (χ2n) is 11.3. The second-order valence-corrected chi connectivity index (χ2v) is 11.3. The number of hydrogen-bond donors (Lipinski definition) is 1. The van der Waals surface area contributed by atoms with Crippen LogP contribution in [-0.2, 0) is 45.9 Å². The summed E-state index contributed by atoms with van der Waals surface area (Å²) >= 11 is 0. The molecule has 2 aromatic carbocycles. The second kappa shape index (κ2) is 15.8. The molecule has 1 atom stereocenters. The number of amidine groups is 1. The van der Waals surface area contributed by atoms with Crippen molar-refractivity contribution in [2.24, 2.45) is 4.99 Å². The Morgan fingerprint density at radius 1 is 0.882 bits per heavy atom. The van der Waals surface area contributed by atoms with Gasteiger partial charge in [0.25, 0.3) is 6.02 Å². The number of anilines is 3. The van der Waals surface area contributed by atoms with Crippen molar-refractivity contribution >= 4 is 58.9 Å². The molecule has 2 aliphatic rings. The van der Waals surface area contributed by atoms with Crippen LogP contribution in [0.15, 0.2) is 53.8 Å². The molecule has 1 saturated heterocycles. The zero-order valence-corrected chi connectivity index (χ0v) is 26.1. The molecule has 20 heteroatoms. The van der Waals surface area contributed by atoms with Crippen molar-refractivity contribution in [2.45, 2.75) is 44.6 Å². The number of carboxylic acids is 1. The van der Waals surface area contributed by atoms with Crippen molar-refractivity contribution in [3.8, 4) is 0 Å². The van der Waals surface area contributed by atoms with Crippen molar-refractivity contribution in [3.63, 3.8) is 0 Å². The van der Waals surface area contributed by atoms with Crippen LogP contribution in [0, 0.1) is 0 Å². The van der Waals surface area contributed by atoms with Gasteiger partial charge < -0.3 is 24.4 Å². The third kappa shape index (κ3) is 9.75. The molecule has 0 aliphatic carbocycles. The maximum atomic E-state index is 14.0. The van der Waals surface area contributed by atoms with Crippen LogP contribution in [0.25, 0.3) is 0 Å². The van der Waals surface area contributed by atoms with Gasteiger partial charge in [0.15, 0.2) is 6.04 Å². The quantitative estimate of drug-likeness (QED) is 0.222. The molecule has 0 saturated carbocycles. The Morgan fingerprint density at radius 2 is 1.47 bits per heavy atom. The van der Waals surface area contributed by atoms with E-state index in [1.54, 1.807) is 6.92 Å². The molecule has 0 unspecified atom stereocenters. The zero-order valence-electron chi connectivity index (χ0n) is 26.1. The predicted molar refractivity (Wildman–Crippen MR) is 168 cm³/mol. The van der Waals surface area contributed by atoms with Gasteiger partial charge in [-0.1, -0.05) is 0 Å². The molecule has 0 amide bonds. The van der Waals surface area contributed by atoms with Crippen LogP contribution >= 0.6 is 0 Å². The molecule has 1 N–H and O–H groups in total. The average molecular weight is 745 g/mol. The molecule has 3 aromatic rings. The number of aliphatic imine (C=N–C) groups is 1. The Hall–Kier alpha value is -3.81. The molecular weight excluding hydrogens is 714 g/mol. The molecule has 0 spiro atoms. The molecule has 5 rings (SSSR count). The Morgan fingerprint density at radius 3 is 1.98 bits per heavy atom. The fourth-order valence-electron chi connectivity index (χ4n) is 5.39. The summed E-state index contributed by atoms with van der Waals surface area (Å²) in [6.07, 6.45) is -12.4. The molecule has 272 valence electrons. The van der Waals surface area contributed by atoms with E-state index in [1.165, 1.54) is 17.3 Å². The molecule has 0 radical (unpaired) electrons. The van der Waals surface area contributed by atoms with E-state index in [0.717, 1.165) is 23.1 Å². The van der Waals surface area contributed by atoms with Crippen LogP contribution in [-0.4, -0.2) is 102 Å². The molecule has 51 heavy (non-hydrogen) atoms. The first kappa shape index (κ1) is 40.0. The van der Waals surface area contributed by atoms with E-state index in [9.17, 15) is 49.4 Å². The van der Waals surface area contributed by atoms with Gasteiger partial charge in [0, 0.05) is 32.7 Å². The summed E-state index contributed by atoms with van der Waals surface area (Å²) in [5, 5.41) is 9.36. The fourth-order valence-corrected chi connectivity index (χ4v) is 5.39. The van der Waals surface area contributed by atoms with Crippen molar-refractivity contribution in [3.05, 3.63) is 76.6 Å². The summed E-state index contributed by atoms with van der Waals surface area (Å²) in [7, 11) is 0. The van der Waals surface area contributed by atoms with E-state index in [2.05, 4.69) is 15.0 Å². The summed E-state index contributed by atoms with van der Waals surface area (Å²) in [6, 6.07) is 2.15. The van der Waals surface area contributed by atoms with Gasteiger partial charge in [-0.25, -0.2) is 19.8 Å². The van der Waals surface area contributed by atoms with Crippen molar-refractivity contribution in [1.82, 2.24) is 9.97 Å². The number of morpholine rings is 1. The number of carboxylic acid groups (broad SMARTS) is 1.